The molecule has 1 amide bonds. The third-order valence-electron chi connectivity index (χ3n) is 3.84. The van der Waals surface area contributed by atoms with E-state index in [4.69, 9.17) is 21.4 Å². The monoisotopic (exact) mass is 425 g/mol. The van der Waals surface area contributed by atoms with Gasteiger partial charge in [-0.3, -0.25) is 15.1 Å². The summed E-state index contributed by atoms with van der Waals surface area (Å²) in [6.45, 7) is 0. The quantitative estimate of drug-likeness (QED) is 0.439. The van der Waals surface area contributed by atoms with Crippen molar-refractivity contribution in [2.45, 2.75) is 0 Å². The molecule has 6 nitrogen and oxygen atoms in total. The largest absolute Gasteiger partial charge is 0.457 e. The van der Waals surface area contributed by atoms with E-state index in [1.54, 1.807) is 30.6 Å². The number of anilines is 1. The minimum absolute atomic E-state index is 0. The highest BCUT2D eigenvalue weighted by Gasteiger charge is 2.14. The molecule has 0 radical (unpaired) electrons. The topological polar surface area (TPSA) is 76.4 Å². The zero-order valence-electron chi connectivity index (χ0n) is 15.0. The third kappa shape index (κ3) is 5.10. The lowest BCUT2D eigenvalue weighted by Gasteiger charge is -2.10. The molecule has 8 heteroatoms. The second kappa shape index (κ2) is 9.18. The van der Waals surface area contributed by atoms with Gasteiger partial charge in [-0.15, -0.1) is 12.4 Å². The third-order valence-corrected chi connectivity index (χ3v) is 4.04. The first-order chi connectivity index (χ1) is 13.7. The number of hydrogen-bond donors (Lipinski definition) is 2. The summed E-state index contributed by atoms with van der Waals surface area (Å²) in [4.78, 5) is 16.3. The smallest absolute Gasteiger partial charge is 0.293 e. The number of fused-ring (bicyclic) bond motifs is 1. The van der Waals surface area contributed by atoms with E-state index in [0.717, 1.165) is 11.1 Å². The molecule has 0 saturated carbocycles. The van der Waals surface area contributed by atoms with Gasteiger partial charge in [0.1, 0.15) is 17.1 Å². The number of nitrogens with one attached hydrogen (secondary N) is 2. The van der Waals surface area contributed by atoms with Gasteiger partial charge in [0.25, 0.3) is 5.91 Å². The Bertz CT molecular complexity index is 1120. The molecule has 0 atom stereocenters. The molecule has 0 spiro atoms. The number of hydrogen-bond acceptors (Lipinski definition) is 5. The van der Waals surface area contributed by atoms with Crippen LogP contribution in [0.4, 0.5) is 5.69 Å². The Kier molecular flexibility index (Phi) is 6.43. The summed E-state index contributed by atoms with van der Waals surface area (Å²) in [6, 6.07) is 20.1. The first-order valence-corrected chi connectivity index (χ1v) is 8.87. The number of ether oxygens (including phenoxy) is 1. The van der Waals surface area contributed by atoms with E-state index in [-0.39, 0.29) is 23.3 Å². The summed E-state index contributed by atoms with van der Waals surface area (Å²) in [6.07, 6.45) is 3.23. The molecule has 2 aromatic heterocycles. The van der Waals surface area contributed by atoms with Crippen LogP contribution >= 0.6 is 24.6 Å². The van der Waals surface area contributed by atoms with Crippen LogP contribution in [0.2, 0.25) is 0 Å². The summed E-state index contributed by atoms with van der Waals surface area (Å²) >= 11 is 5.23. The number of furan rings is 1. The van der Waals surface area contributed by atoms with E-state index < -0.39 is 5.91 Å². The SMILES string of the molecule is Cl.O=C(NC(=S)Nc1cccc(Oc2ccccc2)c1)c1cc2cnccc2o1. The zero-order valence-corrected chi connectivity index (χ0v) is 16.6. The molecule has 0 bridgehead atoms. The Balaban J connectivity index is 0.00000240. The van der Waals surface area contributed by atoms with Crippen molar-refractivity contribution in [3.63, 3.8) is 0 Å². The number of halogens is 1. The van der Waals surface area contributed by atoms with Gasteiger partial charge < -0.3 is 14.5 Å². The van der Waals surface area contributed by atoms with Crippen molar-refractivity contribution >= 4 is 52.3 Å². The van der Waals surface area contributed by atoms with Crippen molar-refractivity contribution < 1.29 is 13.9 Å². The summed E-state index contributed by atoms with van der Waals surface area (Å²) in [7, 11) is 0. The number of rotatable bonds is 4. The number of thiocarbonyl (C=S) groups is 1. The Morgan fingerprint density at radius 1 is 1.00 bits per heavy atom. The highest BCUT2D eigenvalue weighted by Crippen LogP contribution is 2.24. The van der Waals surface area contributed by atoms with Gasteiger partial charge in [0.2, 0.25) is 0 Å². The van der Waals surface area contributed by atoms with Gasteiger partial charge in [-0.1, -0.05) is 24.3 Å². The number of aromatic nitrogens is 1. The number of carbonyl (C=O) groups is 1. The van der Waals surface area contributed by atoms with Crippen molar-refractivity contribution in [2.24, 2.45) is 0 Å². The molecule has 0 unspecified atom stereocenters. The molecule has 146 valence electrons. The normalized spacial score (nSPS) is 10.1. The van der Waals surface area contributed by atoms with Gasteiger partial charge in [-0.25, -0.2) is 0 Å². The van der Waals surface area contributed by atoms with Crippen molar-refractivity contribution in [3.05, 3.63) is 84.9 Å². The predicted molar refractivity (Wildman–Crippen MR) is 118 cm³/mol. The molecular formula is C21H16ClN3O3S. The van der Waals surface area contributed by atoms with E-state index >= 15 is 0 Å². The number of amides is 1. The average Bonchev–Trinajstić information content (AvgIpc) is 3.13. The summed E-state index contributed by atoms with van der Waals surface area (Å²) in [5.41, 5.74) is 1.28. The molecule has 2 aromatic carbocycles. The highest BCUT2D eigenvalue weighted by molar-refractivity contribution is 7.80. The van der Waals surface area contributed by atoms with Crippen LogP contribution < -0.4 is 15.4 Å². The summed E-state index contributed by atoms with van der Waals surface area (Å²) in [5.74, 6) is 1.10. The molecule has 4 aromatic rings. The van der Waals surface area contributed by atoms with Gasteiger partial charge in [0.15, 0.2) is 10.9 Å². The summed E-state index contributed by atoms with van der Waals surface area (Å²) in [5, 5.41) is 6.47. The first-order valence-electron chi connectivity index (χ1n) is 8.46. The lowest BCUT2D eigenvalue weighted by Crippen LogP contribution is -2.33. The molecule has 2 heterocycles. The van der Waals surface area contributed by atoms with Crippen LogP contribution in [0.5, 0.6) is 11.5 Å². The second-order valence-corrected chi connectivity index (χ2v) is 6.28. The fraction of sp³-hybridized carbons (Fsp3) is 0. The van der Waals surface area contributed by atoms with Crippen LogP contribution in [0.3, 0.4) is 0 Å². The molecule has 4 rings (SSSR count). The van der Waals surface area contributed by atoms with Gasteiger partial charge >= 0.3 is 0 Å². The maximum Gasteiger partial charge on any atom is 0.293 e. The average molecular weight is 426 g/mol. The lowest BCUT2D eigenvalue weighted by atomic mass is 10.3. The first kappa shape index (κ1) is 20.3. The Morgan fingerprint density at radius 3 is 2.59 bits per heavy atom. The number of carbonyl (C=O) groups excluding carboxylic acids is 1. The minimum atomic E-state index is -0.439. The molecule has 0 saturated heterocycles. The Morgan fingerprint density at radius 2 is 1.79 bits per heavy atom. The van der Waals surface area contributed by atoms with Gasteiger partial charge in [0, 0.05) is 29.5 Å². The Hall–Kier alpha value is -3.42. The molecule has 0 aliphatic heterocycles. The van der Waals surface area contributed by atoms with E-state index in [9.17, 15) is 4.79 Å². The molecular weight excluding hydrogens is 410 g/mol. The van der Waals surface area contributed by atoms with Crippen molar-refractivity contribution in [1.82, 2.24) is 10.3 Å². The van der Waals surface area contributed by atoms with Gasteiger partial charge in [-0.05, 0) is 48.6 Å². The maximum absolute atomic E-state index is 12.3. The van der Waals surface area contributed by atoms with E-state index in [0.29, 0.717) is 17.0 Å². The van der Waals surface area contributed by atoms with Gasteiger partial charge in [0.05, 0.1) is 0 Å². The molecule has 29 heavy (non-hydrogen) atoms. The summed E-state index contributed by atoms with van der Waals surface area (Å²) < 4.78 is 11.3. The van der Waals surface area contributed by atoms with Crippen LogP contribution in [0.25, 0.3) is 11.0 Å². The van der Waals surface area contributed by atoms with E-state index in [1.807, 2.05) is 48.5 Å². The van der Waals surface area contributed by atoms with E-state index in [2.05, 4.69) is 15.6 Å². The molecule has 0 fully saturated rings. The standard InChI is InChI=1S/C21H15N3O3S.ClH/c25-20(19-11-14-13-22-10-9-18(14)27-19)24-21(28)23-15-5-4-8-17(12-15)26-16-6-2-1-3-7-16;/h1-13H,(H2,23,24,25,28);1H. The fourth-order valence-electron chi connectivity index (χ4n) is 2.59. The van der Waals surface area contributed by atoms with Crippen molar-refractivity contribution in [3.8, 4) is 11.5 Å². The lowest BCUT2D eigenvalue weighted by molar-refractivity contribution is 0.0953. The number of pyridine rings is 1. The number of para-hydroxylation sites is 1. The zero-order chi connectivity index (χ0) is 19.3. The number of nitrogens with zero attached hydrogens (tertiary/aromatic N) is 1. The number of benzene rings is 2. The highest BCUT2D eigenvalue weighted by atomic mass is 35.5. The molecule has 0 aliphatic rings. The van der Waals surface area contributed by atoms with Gasteiger partial charge in [-0.2, -0.15) is 0 Å². The van der Waals surface area contributed by atoms with Crippen LogP contribution in [0, 0.1) is 0 Å². The molecule has 0 aliphatic carbocycles. The van der Waals surface area contributed by atoms with E-state index in [1.165, 1.54) is 0 Å². The predicted octanol–water partition coefficient (Wildman–Crippen LogP) is 5.17. The fourth-order valence-corrected chi connectivity index (χ4v) is 2.80. The van der Waals surface area contributed by atoms with Crippen molar-refractivity contribution in [1.29, 1.82) is 0 Å². The Labute approximate surface area is 178 Å². The van der Waals surface area contributed by atoms with Crippen LogP contribution in [-0.2, 0) is 0 Å². The van der Waals surface area contributed by atoms with Crippen molar-refractivity contribution in [2.75, 3.05) is 5.32 Å². The van der Waals surface area contributed by atoms with Crippen LogP contribution in [0.1, 0.15) is 10.6 Å². The maximum atomic E-state index is 12.3. The van der Waals surface area contributed by atoms with Crippen LogP contribution in [0.15, 0.2) is 83.5 Å². The second-order valence-electron chi connectivity index (χ2n) is 5.88. The molecule has 2 N–H and O–H groups in total. The minimum Gasteiger partial charge on any atom is -0.457 e. The van der Waals surface area contributed by atoms with Crippen LogP contribution in [-0.4, -0.2) is 16.0 Å².